The summed E-state index contributed by atoms with van der Waals surface area (Å²) in [5, 5.41) is 11.1. The number of hydrogen-bond acceptors (Lipinski definition) is 4. The monoisotopic (exact) mass is 301 g/mol. The first-order valence-electron chi connectivity index (χ1n) is 5.54. The second-order valence-electron chi connectivity index (χ2n) is 4.02. The Bertz CT molecular complexity index is 614. The molecule has 1 amide bonds. The van der Waals surface area contributed by atoms with Crippen LogP contribution in [0.5, 0.6) is 0 Å². The highest BCUT2D eigenvalue weighted by Gasteiger charge is 2.20. The highest BCUT2D eigenvalue weighted by Crippen LogP contribution is 2.17. The molecule has 0 spiro atoms. The van der Waals surface area contributed by atoms with Crippen LogP contribution in [0.3, 0.4) is 0 Å². The number of hydrogen-bond donors (Lipinski definition) is 3. The average Bonchev–Trinajstić information content (AvgIpc) is 2.26. The molecule has 1 aromatic rings. The molecule has 8 nitrogen and oxygen atoms in total. The first kappa shape index (κ1) is 15.9. The van der Waals surface area contributed by atoms with Crippen LogP contribution in [-0.4, -0.2) is 43.3 Å². The van der Waals surface area contributed by atoms with E-state index in [2.05, 4.69) is 10.0 Å². The molecule has 110 valence electrons. The van der Waals surface area contributed by atoms with Gasteiger partial charge in [0.25, 0.3) is 0 Å². The van der Waals surface area contributed by atoms with E-state index in [4.69, 9.17) is 5.11 Å². The summed E-state index contributed by atoms with van der Waals surface area (Å²) >= 11 is 0. The van der Waals surface area contributed by atoms with Crippen molar-refractivity contribution >= 4 is 33.5 Å². The molecule has 0 fully saturated rings. The van der Waals surface area contributed by atoms with Gasteiger partial charge in [-0.2, -0.15) is 12.7 Å². The van der Waals surface area contributed by atoms with Crippen molar-refractivity contribution in [3.63, 3.8) is 0 Å². The summed E-state index contributed by atoms with van der Waals surface area (Å²) in [5.41, 5.74) is 0.645. The fourth-order valence-electron chi connectivity index (χ4n) is 1.37. The Hall–Kier alpha value is -2.13. The lowest BCUT2D eigenvalue weighted by Crippen LogP contribution is -2.36. The van der Waals surface area contributed by atoms with Crippen molar-refractivity contribution in [3.8, 4) is 0 Å². The second kappa shape index (κ2) is 6.35. The van der Waals surface area contributed by atoms with Crippen molar-refractivity contribution in [1.29, 1.82) is 0 Å². The van der Waals surface area contributed by atoms with Gasteiger partial charge in [0, 0.05) is 19.7 Å². The minimum Gasteiger partial charge on any atom is -0.480 e. The van der Waals surface area contributed by atoms with Gasteiger partial charge >= 0.3 is 16.2 Å². The maximum absolute atomic E-state index is 11.8. The van der Waals surface area contributed by atoms with Gasteiger partial charge in [-0.3, -0.25) is 14.3 Å². The number of carbonyl (C=O) groups is 2. The van der Waals surface area contributed by atoms with Gasteiger partial charge in [0.1, 0.15) is 6.54 Å². The van der Waals surface area contributed by atoms with Crippen LogP contribution in [0.2, 0.25) is 0 Å². The zero-order valence-corrected chi connectivity index (χ0v) is 11.8. The zero-order chi connectivity index (χ0) is 15.3. The van der Waals surface area contributed by atoms with E-state index in [1.165, 1.54) is 19.1 Å². The smallest absolute Gasteiger partial charge is 0.318 e. The summed E-state index contributed by atoms with van der Waals surface area (Å²) < 4.78 is 26.6. The Balaban J connectivity index is 2.87. The predicted octanol–water partition coefficient (Wildman–Crippen LogP) is 0.318. The van der Waals surface area contributed by atoms with E-state index in [-0.39, 0.29) is 11.6 Å². The van der Waals surface area contributed by atoms with Crippen molar-refractivity contribution in [2.75, 3.05) is 23.6 Å². The molecular weight excluding hydrogens is 286 g/mol. The molecule has 0 saturated heterocycles. The lowest BCUT2D eigenvalue weighted by atomic mass is 10.3. The van der Waals surface area contributed by atoms with E-state index < -0.39 is 22.7 Å². The summed E-state index contributed by atoms with van der Waals surface area (Å²) in [4.78, 5) is 21.4. The van der Waals surface area contributed by atoms with E-state index in [0.717, 1.165) is 7.05 Å². The third kappa shape index (κ3) is 4.86. The number of carboxylic acids is 1. The molecule has 0 saturated carbocycles. The van der Waals surface area contributed by atoms with Crippen molar-refractivity contribution in [3.05, 3.63) is 24.3 Å². The van der Waals surface area contributed by atoms with Gasteiger partial charge in [0.15, 0.2) is 0 Å². The first-order valence-corrected chi connectivity index (χ1v) is 6.98. The molecule has 0 atom stereocenters. The second-order valence-corrected chi connectivity index (χ2v) is 5.80. The van der Waals surface area contributed by atoms with Crippen molar-refractivity contribution < 1.29 is 23.1 Å². The third-order valence-electron chi connectivity index (χ3n) is 2.20. The largest absolute Gasteiger partial charge is 0.480 e. The minimum absolute atomic E-state index is 0.216. The van der Waals surface area contributed by atoms with Crippen molar-refractivity contribution in [2.45, 2.75) is 6.92 Å². The standard InChI is InChI=1S/C11H15N3O5S/c1-8(15)12-9-4-3-5-10(6-9)13-20(18,19)14(2)7-11(16)17/h3-6,13H,7H2,1-2H3,(H,12,15)(H,16,17). The van der Waals surface area contributed by atoms with Crippen LogP contribution >= 0.6 is 0 Å². The molecule has 0 heterocycles. The summed E-state index contributed by atoms with van der Waals surface area (Å²) in [7, 11) is -2.82. The fourth-order valence-corrected chi connectivity index (χ4v) is 2.23. The third-order valence-corrected chi connectivity index (χ3v) is 3.64. The maximum Gasteiger partial charge on any atom is 0.318 e. The molecule has 0 radical (unpaired) electrons. The number of amides is 1. The Morgan fingerprint density at radius 1 is 1.30 bits per heavy atom. The molecule has 0 aliphatic rings. The summed E-state index contributed by atoms with van der Waals surface area (Å²) in [6.45, 7) is 0.679. The van der Waals surface area contributed by atoms with Crippen LogP contribution in [-0.2, 0) is 19.8 Å². The molecule has 0 aromatic heterocycles. The Morgan fingerprint density at radius 3 is 2.45 bits per heavy atom. The van der Waals surface area contributed by atoms with Gasteiger partial charge in [-0.25, -0.2) is 0 Å². The molecule has 0 unspecified atom stereocenters. The van der Waals surface area contributed by atoms with Crippen LogP contribution in [0, 0.1) is 0 Å². The molecule has 0 aliphatic carbocycles. The zero-order valence-electron chi connectivity index (χ0n) is 11.0. The molecule has 1 rings (SSSR count). The minimum atomic E-state index is -3.96. The lowest BCUT2D eigenvalue weighted by Gasteiger charge is -2.16. The van der Waals surface area contributed by atoms with Gasteiger partial charge < -0.3 is 10.4 Å². The van der Waals surface area contributed by atoms with Gasteiger partial charge in [-0.15, -0.1) is 0 Å². The number of carboxylic acid groups (broad SMARTS) is 1. The fraction of sp³-hybridized carbons (Fsp3) is 0.273. The molecule has 9 heteroatoms. The quantitative estimate of drug-likeness (QED) is 0.699. The highest BCUT2D eigenvalue weighted by molar-refractivity contribution is 7.90. The van der Waals surface area contributed by atoms with Crippen LogP contribution in [0.1, 0.15) is 6.92 Å². The molecule has 0 aliphatic heterocycles. The Kier molecular flexibility index (Phi) is 5.06. The van der Waals surface area contributed by atoms with Crippen LogP contribution in [0.25, 0.3) is 0 Å². The van der Waals surface area contributed by atoms with Crippen molar-refractivity contribution in [2.24, 2.45) is 0 Å². The molecule has 3 N–H and O–H groups in total. The number of benzene rings is 1. The lowest BCUT2D eigenvalue weighted by molar-refractivity contribution is -0.137. The predicted molar refractivity (Wildman–Crippen MR) is 73.6 cm³/mol. The first-order chi connectivity index (χ1) is 9.20. The van der Waals surface area contributed by atoms with Crippen LogP contribution in [0.4, 0.5) is 11.4 Å². The van der Waals surface area contributed by atoms with Gasteiger partial charge in [0.2, 0.25) is 5.91 Å². The highest BCUT2D eigenvalue weighted by atomic mass is 32.2. The number of carbonyl (C=O) groups excluding carboxylic acids is 1. The normalized spacial score (nSPS) is 11.2. The van der Waals surface area contributed by atoms with E-state index in [1.54, 1.807) is 12.1 Å². The van der Waals surface area contributed by atoms with Gasteiger partial charge in [-0.05, 0) is 18.2 Å². The van der Waals surface area contributed by atoms with Gasteiger partial charge in [-0.1, -0.05) is 6.07 Å². The van der Waals surface area contributed by atoms with Crippen LogP contribution < -0.4 is 10.0 Å². The summed E-state index contributed by atoms with van der Waals surface area (Å²) in [6.07, 6.45) is 0. The number of nitrogens with zero attached hydrogens (tertiary/aromatic N) is 1. The Labute approximate surface area is 116 Å². The summed E-state index contributed by atoms with van der Waals surface area (Å²) in [6, 6.07) is 6.06. The average molecular weight is 301 g/mol. The molecule has 0 bridgehead atoms. The number of aliphatic carboxylic acids is 1. The number of nitrogens with one attached hydrogen (secondary N) is 2. The van der Waals surface area contributed by atoms with Gasteiger partial charge in [0.05, 0.1) is 5.69 Å². The summed E-state index contributed by atoms with van der Waals surface area (Å²) in [5.74, 6) is -1.54. The number of likely N-dealkylation sites (N-methyl/N-ethyl adjacent to an activating group) is 1. The topological polar surface area (TPSA) is 116 Å². The van der Waals surface area contributed by atoms with E-state index in [0.29, 0.717) is 9.99 Å². The van der Waals surface area contributed by atoms with E-state index in [1.807, 2.05) is 0 Å². The van der Waals surface area contributed by atoms with Crippen molar-refractivity contribution in [1.82, 2.24) is 4.31 Å². The van der Waals surface area contributed by atoms with Crippen LogP contribution in [0.15, 0.2) is 24.3 Å². The number of anilines is 2. The van der Waals surface area contributed by atoms with E-state index >= 15 is 0 Å². The SMILES string of the molecule is CC(=O)Nc1cccc(NS(=O)(=O)N(C)CC(=O)O)c1. The maximum atomic E-state index is 11.8. The number of rotatable bonds is 6. The molecule has 20 heavy (non-hydrogen) atoms. The Morgan fingerprint density at radius 2 is 1.90 bits per heavy atom. The van der Waals surface area contributed by atoms with E-state index in [9.17, 15) is 18.0 Å². The molecular formula is C11H15N3O5S. The molecule has 1 aromatic carbocycles.